The van der Waals surface area contributed by atoms with Crippen molar-refractivity contribution in [3.05, 3.63) is 0 Å². The number of likely N-dealkylation sites (N-methyl/N-ethyl adjacent to an activating group) is 1. The maximum absolute atomic E-state index is 9.65. The van der Waals surface area contributed by atoms with E-state index in [0.717, 1.165) is 0 Å². The maximum atomic E-state index is 9.65. The average Bonchev–Trinajstić information content (AvgIpc) is 2.26. The first-order chi connectivity index (χ1) is 6.09. The van der Waals surface area contributed by atoms with Crippen LogP contribution in [0, 0.1) is 0 Å². The van der Waals surface area contributed by atoms with Crippen molar-refractivity contribution in [2.24, 2.45) is 0 Å². The summed E-state index contributed by atoms with van der Waals surface area (Å²) < 4.78 is 5.09. The van der Waals surface area contributed by atoms with Crippen LogP contribution in [0.25, 0.3) is 0 Å². The molecule has 0 radical (unpaired) electrons. The molecule has 1 unspecified atom stereocenters. The first-order valence-corrected chi connectivity index (χ1v) is 4.12. The standard InChI is InChI=1S/C7H13NO5/c1-8-2-7(3-9)5(10)4(13-8)6(11)12-7/h4-6,9-11H,2-3H2,1H3/t4?,5-,6-,7-/m1/s1. The molecule has 4 atom stereocenters. The van der Waals surface area contributed by atoms with Crippen molar-refractivity contribution in [2.75, 3.05) is 20.2 Å². The van der Waals surface area contributed by atoms with E-state index in [0.29, 0.717) is 0 Å². The molecule has 76 valence electrons. The van der Waals surface area contributed by atoms with Gasteiger partial charge in [0.15, 0.2) is 12.4 Å². The second kappa shape index (κ2) is 2.88. The molecule has 0 aromatic rings. The van der Waals surface area contributed by atoms with Gasteiger partial charge in [-0.1, -0.05) is 0 Å². The van der Waals surface area contributed by atoms with Gasteiger partial charge >= 0.3 is 0 Å². The highest BCUT2D eigenvalue weighted by Gasteiger charge is 2.59. The van der Waals surface area contributed by atoms with Crippen molar-refractivity contribution < 1.29 is 24.9 Å². The third kappa shape index (κ3) is 1.18. The minimum absolute atomic E-state index is 0.234. The Morgan fingerprint density at radius 2 is 2.23 bits per heavy atom. The molecular weight excluding hydrogens is 178 g/mol. The van der Waals surface area contributed by atoms with Gasteiger partial charge in [0.25, 0.3) is 0 Å². The summed E-state index contributed by atoms with van der Waals surface area (Å²) in [6, 6.07) is 0. The van der Waals surface area contributed by atoms with Gasteiger partial charge in [0, 0.05) is 7.05 Å². The quantitative estimate of drug-likeness (QED) is 0.431. The summed E-state index contributed by atoms with van der Waals surface area (Å²) in [5.41, 5.74) is -1.10. The van der Waals surface area contributed by atoms with Crippen LogP contribution in [0.4, 0.5) is 0 Å². The molecule has 13 heavy (non-hydrogen) atoms. The number of hydroxylamine groups is 2. The Bertz CT molecular complexity index is 209. The molecule has 6 heteroatoms. The second-order valence-electron chi connectivity index (χ2n) is 3.53. The SMILES string of the molecule is CN1C[C@]2(CO)O[C@@H](O)C(O1)[C@H]2O. The molecule has 0 aliphatic carbocycles. The monoisotopic (exact) mass is 191 g/mol. The summed E-state index contributed by atoms with van der Waals surface area (Å²) in [5, 5.41) is 29.5. The van der Waals surface area contributed by atoms with E-state index in [9.17, 15) is 10.2 Å². The first kappa shape index (κ1) is 9.32. The Hall–Kier alpha value is -0.240. The van der Waals surface area contributed by atoms with E-state index in [4.69, 9.17) is 14.7 Å². The molecule has 2 aliphatic heterocycles. The molecule has 0 amide bonds. The Morgan fingerprint density at radius 1 is 1.54 bits per heavy atom. The summed E-state index contributed by atoms with van der Waals surface area (Å²) in [5.74, 6) is 0. The van der Waals surface area contributed by atoms with Gasteiger partial charge in [-0.15, -0.1) is 0 Å². The summed E-state index contributed by atoms with van der Waals surface area (Å²) >= 11 is 0. The van der Waals surface area contributed by atoms with E-state index in [2.05, 4.69) is 0 Å². The highest BCUT2D eigenvalue weighted by Crippen LogP contribution is 2.36. The van der Waals surface area contributed by atoms with Crippen molar-refractivity contribution >= 4 is 0 Å². The van der Waals surface area contributed by atoms with E-state index in [1.807, 2.05) is 0 Å². The van der Waals surface area contributed by atoms with Gasteiger partial charge in [0.05, 0.1) is 13.2 Å². The lowest BCUT2D eigenvalue weighted by molar-refractivity contribution is -0.259. The molecule has 2 bridgehead atoms. The minimum Gasteiger partial charge on any atom is -0.393 e. The van der Waals surface area contributed by atoms with Crippen molar-refractivity contribution in [2.45, 2.75) is 24.1 Å². The van der Waals surface area contributed by atoms with Crippen molar-refractivity contribution in [1.29, 1.82) is 0 Å². The van der Waals surface area contributed by atoms with Crippen molar-refractivity contribution in [1.82, 2.24) is 5.06 Å². The second-order valence-corrected chi connectivity index (χ2v) is 3.53. The van der Waals surface area contributed by atoms with E-state index < -0.39 is 24.1 Å². The van der Waals surface area contributed by atoms with Crippen LogP contribution < -0.4 is 0 Å². The predicted molar refractivity (Wildman–Crippen MR) is 40.4 cm³/mol. The molecule has 2 fully saturated rings. The lowest BCUT2D eigenvalue weighted by atomic mass is 9.95. The Morgan fingerprint density at radius 3 is 2.85 bits per heavy atom. The number of rotatable bonds is 1. The number of nitrogens with zero attached hydrogens (tertiary/aromatic N) is 1. The number of hydrogen-bond acceptors (Lipinski definition) is 6. The fourth-order valence-corrected chi connectivity index (χ4v) is 1.88. The third-order valence-corrected chi connectivity index (χ3v) is 2.55. The fraction of sp³-hybridized carbons (Fsp3) is 1.00. The van der Waals surface area contributed by atoms with Crippen molar-refractivity contribution in [3.8, 4) is 0 Å². The van der Waals surface area contributed by atoms with Crippen molar-refractivity contribution in [3.63, 3.8) is 0 Å². The summed E-state index contributed by atoms with van der Waals surface area (Å²) in [4.78, 5) is 5.13. The van der Waals surface area contributed by atoms with Gasteiger partial charge in [-0.05, 0) is 0 Å². The van der Waals surface area contributed by atoms with Crippen LogP contribution in [0.1, 0.15) is 0 Å². The number of fused-ring (bicyclic) bond motifs is 2. The Labute approximate surface area is 75.2 Å². The predicted octanol–water partition coefficient (Wildman–Crippen LogP) is -2.33. The number of hydrogen-bond donors (Lipinski definition) is 3. The minimum atomic E-state index is -1.17. The highest BCUT2D eigenvalue weighted by atomic mass is 16.8. The van der Waals surface area contributed by atoms with Gasteiger partial charge in [0.2, 0.25) is 0 Å². The molecule has 0 aromatic heterocycles. The number of ether oxygens (including phenoxy) is 1. The molecule has 2 saturated heterocycles. The Balaban J connectivity index is 2.26. The lowest BCUT2D eigenvalue weighted by Gasteiger charge is -2.38. The zero-order chi connectivity index (χ0) is 9.64. The van der Waals surface area contributed by atoms with Crippen LogP contribution in [-0.4, -0.2) is 64.7 Å². The van der Waals surface area contributed by atoms with E-state index in [1.54, 1.807) is 7.05 Å². The Kier molecular flexibility index (Phi) is 2.06. The third-order valence-electron chi connectivity index (χ3n) is 2.55. The molecular formula is C7H13NO5. The largest absolute Gasteiger partial charge is 0.393 e. The fourth-order valence-electron chi connectivity index (χ4n) is 1.88. The van der Waals surface area contributed by atoms with Crippen LogP contribution in [0.3, 0.4) is 0 Å². The first-order valence-electron chi connectivity index (χ1n) is 4.12. The molecule has 0 aromatic carbocycles. The molecule has 2 aliphatic rings. The lowest BCUT2D eigenvalue weighted by Crippen LogP contribution is -2.58. The van der Waals surface area contributed by atoms with Crippen LogP contribution in [0.5, 0.6) is 0 Å². The van der Waals surface area contributed by atoms with Crippen LogP contribution in [-0.2, 0) is 9.57 Å². The van der Waals surface area contributed by atoms with Crippen LogP contribution in [0.15, 0.2) is 0 Å². The molecule has 3 N–H and O–H groups in total. The topological polar surface area (TPSA) is 82.4 Å². The van der Waals surface area contributed by atoms with E-state index >= 15 is 0 Å². The summed E-state index contributed by atoms with van der Waals surface area (Å²) in [6.07, 6.45) is -2.96. The van der Waals surface area contributed by atoms with Crippen LogP contribution in [0.2, 0.25) is 0 Å². The normalized spacial score (nSPS) is 51.2. The van der Waals surface area contributed by atoms with Gasteiger partial charge < -0.3 is 20.1 Å². The summed E-state index contributed by atoms with van der Waals surface area (Å²) in [6.45, 7) is -0.104. The van der Waals surface area contributed by atoms with Gasteiger partial charge in [0.1, 0.15) is 11.7 Å². The zero-order valence-corrected chi connectivity index (χ0v) is 7.25. The molecule has 0 saturated carbocycles. The molecule has 6 nitrogen and oxygen atoms in total. The maximum Gasteiger partial charge on any atom is 0.186 e. The van der Waals surface area contributed by atoms with Gasteiger partial charge in [-0.2, -0.15) is 5.06 Å². The molecule has 2 rings (SSSR count). The van der Waals surface area contributed by atoms with E-state index in [1.165, 1.54) is 5.06 Å². The zero-order valence-electron chi connectivity index (χ0n) is 7.25. The van der Waals surface area contributed by atoms with Gasteiger partial charge in [-0.3, -0.25) is 4.84 Å². The highest BCUT2D eigenvalue weighted by molar-refractivity contribution is 5.03. The van der Waals surface area contributed by atoms with Gasteiger partial charge in [-0.25, -0.2) is 0 Å². The average molecular weight is 191 g/mol. The van der Waals surface area contributed by atoms with Crippen LogP contribution >= 0.6 is 0 Å². The molecule has 2 heterocycles. The van der Waals surface area contributed by atoms with E-state index in [-0.39, 0.29) is 13.2 Å². The smallest absolute Gasteiger partial charge is 0.186 e. The number of aliphatic hydroxyl groups excluding tert-OH is 3. The number of aliphatic hydroxyl groups is 3. The summed E-state index contributed by atoms with van der Waals surface area (Å²) in [7, 11) is 1.66. The molecule has 0 spiro atoms.